The van der Waals surface area contributed by atoms with Crippen LogP contribution < -0.4 is 5.32 Å². The van der Waals surface area contributed by atoms with Crippen LogP contribution in [0.25, 0.3) is 0 Å². The van der Waals surface area contributed by atoms with Gasteiger partial charge in [-0.05, 0) is 25.8 Å². The Morgan fingerprint density at radius 1 is 1.25 bits per heavy atom. The molecule has 0 aromatic heterocycles. The van der Waals surface area contributed by atoms with Gasteiger partial charge in [0.2, 0.25) is 0 Å². The summed E-state index contributed by atoms with van der Waals surface area (Å²) in [6.45, 7) is 9.92. The van der Waals surface area contributed by atoms with Gasteiger partial charge in [0.05, 0.1) is 18.5 Å². The largest absolute Gasteiger partial charge is 0.379 e. The molecule has 2 unspecified atom stereocenters. The Morgan fingerprint density at radius 2 is 2.00 bits per heavy atom. The van der Waals surface area contributed by atoms with E-state index in [4.69, 9.17) is 4.74 Å². The van der Waals surface area contributed by atoms with Gasteiger partial charge >= 0.3 is 0 Å². The van der Waals surface area contributed by atoms with Gasteiger partial charge in [-0.1, -0.05) is 27.2 Å². The third-order valence-corrected chi connectivity index (χ3v) is 4.75. The zero-order valence-corrected chi connectivity index (χ0v) is 11.8. The van der Waals surface area contributed by atoms with Crippen LogP contribution in [-0.2, 0) is 4.74 Å². The summed E-state index contributed by atoms with van der Waals surface area (Å²) >= 11 is 2.14. The van der Waals surface area contributed by atoms with Crippen molar-refractivity contribution in [2.45, 2.75) is 63.0 Å². The summed E-state index contributed by atoms with van der Waals surface area (Å²) in [6.07, 6.45) is 5.08. The van der Waals surface area contributed by atoms with E-state index >= 15 is 0 Å². The second-order valence-corrected chi connectivity index (χ2v) is 6.14. The maximum Gasteiger partial charge on any atom is 0.0608 e. The molecule has 1 aliphatic rings. The lowest BCUT2D eigenvalue weighted by Crippen LogP contribution is -2.42. The fraction of sp³-hybridized carbons (Fsp3) is 1.00. The second kappa shape index (κ2) is 8.37. The fourth-order valence-electron chi connectivity index (χ4n) is 2.08. The molecule has 0 radical (unpaired) electrons. The summed E-state index contributed by atoms with van der Waals surface area (Å²) in [4.78, 5) is 0. The maximum absolute atomic E-state index is 5.26. The molecule has 1 rings (SSSR count). The molecule has 0 amide bonds. The van der Waals surface area contributed by atoms with E-state index < -0.39 is 0 Å². The predicted octanol–water partition coefficient (Wildman–Crippen LogP) is 3.07. The Balaban J connectivity index is 2.35. The van der Waals surface area contributed by atoms with Crippen molar-refractivity contribution in [2.75, 3.05) is 19.8 Å². The van der Waals surface area contributed by atoms with Gasteiger partial charge in [-0.15, -0.1) is 11.8 Å². The molecule has 96 valence electrons. The van der Waals surface area contributed by atoms with E-state index in [0.717, 1.165) is 30.3 Å². The first-order chi connectivity index (χ1) is 7.81. The first-order valence-electron chi connectivity index (χ1n) is 6.78. The molecule has 0 aromatic rings. The van der Waals surface area contributed by atoms with Crippen LogP contribution in [0, 0.1) is 0 Å². The maximum atomic E-state index is 5.26. The van der Waals surface area contributed by atoms with Gasteiger partial charge in [-0.3, -0.25) is 0 Å². The summed E-state index contributed by atoms with van der Waals surface area (Å²) < 4.78 is 5.26. The molecular weight excluding hydrogens is 218 g/mol. The number of hydrogen-bond donors (Lipinski definition) is 1. The zero-order valence-electron chi connectivity index (χ0n) is 11.0. The summed E-state index contributed by atoms with van der Waals surface area (Å²) in [5.41, 5.74) is 0. The highest BCUT2D eigenvalue weighted by Crippen LogP contribution is 2.29. The summed E-state index contributed by atoms with van der Waals surface area (Å²) in [5.74, 6) is 0. The van der Waals surface area contributed by atoms with E-state index in [9.17, 15) is 0 Å². The van der Waals surface area contributed by atoms with E-state index in [0.29, 0.717) is 6.04 Å². The minimum Gasteiger partial charge on any atom is -0.379 e. The third-order valence-electron chi connectivity index (χ3n) is 3.08. The monoisotopic (exact) mass is 245 g/mol. The van der Waals surface area contributed by atoms with Crippen LogP contribution in [0.5, 0.6) is 0 Å². The number of ether oxygens (including phenoxy) is 1. The van der Waals surface area contributed by atoms with Crippen molar-refractivity contribution < 1.29 is 4.74 Å². The predicted molar refractivity (Wildman–Crippen MR) is 73.3 cm³/mol. The molecule has 0 spiro atoms. The normalized spacial score (nSPS) is 20.4. The van der Waals surface area contributed by atoms with Gasteiger partial charge < -0.3 is 10.1 Å². The van der Waals surface area contributed by atoms with Crippen molar-refractivity contribution in [3.8, 4) is 0 Å². The van der Waals surface area contributed by atoms with E-state index in [-0.39, 0.29) is 0 Å². The number of hydrogen-bond acceptors (Lipinski definition) is 3. The van der Waals surface area contributed by atoms with E-state index in [1.54, 1.807) is 0 Å². The average Bonchev–Trinajstić information content (AvgIpc) is 2.24. The number of thioether (sulfide) groups is 1. The van der Waals surface area contributed by atoms with E-state index in [2.05, 4.69) is 37.8 Å². The lowest BCUT2D eigenvalue weighted by molar-refractivity contribution is 0.0451. The molecule has 0 saturated carbocycles. The molecule has 1 N–H and O–H groups in total. The first-order valence-corrected chi connectivity index (χ1v) is 7.72. The Hall–Kier alpha value is 0.270. The van der Waals surface area contributed by atoms with Gasteiger partial charge in [0.1, 0.15) is 0 Å². The molecular formula is C13H27NOS. The highest BCUT2D eigenvalue weighted by Gasteiger charge is 2.27. The van der Waals surface area contributed by atoms with Gasteiger partial charge in [0, 0.05) is 11.3 Å². The highest BCUT2D eigenvalue weighted by molar-refractivity contribution is 8.00. The van der Waals surface area contributed by atoms with E-state index in [1.807, 2.05) is 0 Å². The molecule has 0 bridgehead atoms. The summed E-state index contributed by atoms with van der Waals surface area (Å²) in [6, 6.07) is 0.695. The third kappa shape index (κ3) is 4.64. The van der Waals surface area contributed by atoms with Crippen molar-refractivity contribution in [3.05, 3.63) is 0 Å². The second-order valence-electron chi connectivity index (χ2n) is 4.59. The molecule has 1 aliphatic heterocycles. The SMILES string of the molecule is CCCNC(CCC)C(CC)SC1COC1. The van der Waals surface area contributed by atoms with Crippen LogP contribution in [-0.4, -0.2) is 36.3 Å². The molecule has 1 heterocycles. The Bertz CT molecular complexity index is 173. The molecule has 0 aliphatic carbocycles. The first kappa shape index (κ1) is 14.3. The van der Waals surface area contributed by atoms with Crippen molar-refractivity contribution in [1.29, 1.82) is 0 Å². The smallest absolute Gasteiger partial charge is 0.0608 e. The van der Waals surface area contributed by atoms with Crippen molar-refractivity contribution >= 4 is 11.8 Å². The zero-order chi connectivity index (χ0) is 11.8. The number of nitrogens with one attached hydrogen (secondary N) is 1. The van der Waals surface area contributed by atoms with Crippen molar-refractivity contribution in [3.63, 3.8) is 0 Å². The molecule has 1 saturated heterocycles. The summed E-state index contributed by atoms with van der Waals surface area (Å²) in [5, 5.41) is 5.23. The van der Waals surface area contributed by atoms with Crippen molar-refractivity contribution in [1.82, 2.24) is 5.32 Å². The molecule has 1 fully saturated rings. The van der Waals surface area contributed by atoms with Crippen LogP contribution >= 0.6 is 11.8 Å². The van der Waals surface area contributed by atoms with Crippen LogP contribution in [0.4, 0.5) is 0 Å². The topological polar surface area (TPSA) is 21.3 Å². The Morgan fingerprint density at radius 3 is 2.44 bits per heavy atom. The van der Waals surface area contributed by atoms with Crippen LogP contribution in [0.15, 0.2) is 0 Å². The molecule has 2 nitrogen and oxygen atoms in total. The van der Waals surface area contributed by atoms with Crippen molar-refractivity contribution in [2.24, 2.45) is 0 Å². The quantitative estimate of drug-likeness (QED) is 0.674. The van der Waals surface area contributed by atoms with Crippen LogP contribution in [0.2, 0.25) is 0 Å². The van der Waals surface area contributed by atoms with Gasteiger partial charge in [0.15, 0.2) is 0 Å². The van der Waals surface area contributed by atoms with Gasteiger partial charge in [0.25, 0.3) is 0 Å². The molecule has 16 heavy (non-hydrogen) atoms. The van der Waals surface area contributed by atoms with E-state index in [1.165, 1.54) is 25.7 Å². The minimum absolute atomic E-state index is 0.695. The Kier molecular flexibility index (Phi) is 7.50. The van der Waals surface area contributed by atoms with Gasteiger partial charge in [-0.25, -0.2) is 0 Å². The lowest BCUT2D eigenvalue weighted by atomic mass is 10.1. The molecule has 0 aromatic carbocycles. The summed E-state index contributed by atoms with van der Waals surface area (Å²) in [7, 11) is 0. The average molecular weight is 245 g/mol. The van der Waals surface area contributed by atoms with Gasteiger partial charge in [-0.2, -0.15) is 0 Å². The number of rotatable bonds is 9. The Labute approximate surface area is 105 Å². The molecule has 3 heteroatoms. The van der Waals surface area contributed by atoms with Crippen LogP contribution in [0.1, 0.15) is 46.5 Å². The highest BCUT2D eigenvalue weighted by atomic mass is 32.2. The van der Waals surface area contributed by atoms with Crippen LogP contribution in [0.3, 0.4) is 0 Å². The molecule has 2 atom stereocenters. The minimum atomic E-state index is 0.695. The standard InChI is InChI=1S/C13H27NOS/c1-4-7-12(14-8-5-2)13(6-3)16-11-9-15-10-11/h11-14H,4-10H2,1-3H3. The lowest BCUT2D eigenvalue weighted by Gasteiger charge is -2.33. The fourth-order valence-corrected chi connectivity index (χ4v) is 3.53.